The van der Waals surface area contributed by atoms with Crippen LogP contribution in [0, 0.1) is 17.3 Å². The second-order valence-corrected chi connectivity index (χ2v) is 8.10. The van der Waals surface area contributed by atoms with E-state index in [1.807, 2.05) is 13.0 Å². The third kappa shape index (κ3) is 3.37. The van der Waals surface area contributed by atoms with E-state index in [9.17, 15) is 9.59 Å². The number of fused-ring (bicyclic) bond motifs is 1. The van der Waals surface area contributed by atoms with Crippen molar-refractivity contribution < 1.29 is 14.3 Å². The molecule has 1 saturated heterocycles. The average molecular weight is 356 g/mol. The third-order valence-corrected chi connectivity index (χ3v) is 6.23. The normalized spacial score (nSPS) is 31.0. The number of likely N-dealkylation sites (tertiary alicyclic amines) is 1. The van der Waals surface area contributed by atoms with E-state index in [2.05, 4.69) is 28.4 Å². The molecule has 0 radical (unpaired) electrons. The van der Waals surface area contributed by atoms with Gasteiger partial charge in [-0.1, -0.05) is 24.3 Å². The molecular weight excluding hydrogens is 328 g/mol. The maximum Gasteiger partial charge on any atom is 0.309 e. The largest absolute Gasteiger partial charge is 0.466 e. The van der Waals surface area contributed by atoms with Crippen molar-refractivity contribution in [1.29, 1.82) is 0 Å². The molecule has 2 aliphatic heterocycles. The second-order valence-electron chi connectivity index (χ2n) is 8.10. The molecule has 1 saturated carbocycles. The molecule has 3 atom stereocenters. The highest BCUT2D eigenvalue weighted by atomic mass is 16.5. The van der Waals surface area contributed by atoms with Crippen LogP contribution in [0.2, 0.25) is 0 Å². The van der Waals surface area contributed by atoms with Gasteiger partial charge in [0.05, 0.1) is 17.9 Å². The molecule has 1 amide bonds. The van der Waals surface area contributed by atoms with Crippen LogP contribution in [0.4, 0.5) is 0 Å². The first-order valence-electron chi connectivity index (χ1n) is 9.85. The zero-order valence-corrected chi connectivity index (χ0v) is 15.5. The van der Waals surface area contributed by atoms with E-state index in [1.165, 1.54) is 11.1 Å². The van der Waals surface area contributed by atoms with Crippen molar-refractivity contribution in [2.75, 3.05) is 26.2 Å². The summed E-state index contributed by atoms with van der Waals surface area (Å²) in [6.07, 6.45) is 3.72. The summed E-state index contributed by atoms with van der Waals surface area (Å²) in [5.41, 5.74) is 2.20. The zero-order chi connectivity index (χ0) is 18.1. The molecule has 1 spiro atoms. The van der Waals surface area contributed by atoms with Gasteiger partial charge in [0.2, 0.25) is 5.91 Å². The third-order valence-electron chi connectivity index (χ3n) is 6.23. The topological polar surface area (TPSA) is 58.6 Å². The van der Waals surface area contributed by atoms with Crippen LogP contribution in [0.3, 0.4) is 0 Å². The Morgan fingerprint density at radius 3 is 2.96 bits per heavy atom. The highest BCUT2D eigenvalue weighted by Crippen LogP contribution is 2.42. The van der Waals surface area contributed by atoms with Gasteiger partial charge in [-0.25, -0.2) is 0 Å². The fourth-order valence-electron chi connectivity index (χ4n) is 4.74. The first-order valence-corrected chi connectivity index (χ1v) is 9.85. The van der Waals surface area contributed by atoms with Gasteiger partial charge in [0.25, 0.3) is 0 Å². The van der Waals surface area contributed by atoms with Gasteiger partial charge in [-0.05, 0) is 56.2 Å². The summed E-state index contributed by atoms with van der Waals surface area (Å²) in [6.45, 7) is 5.65. The Morgan fingerprint density at radius 2 is 2.15 bits per heavy atom. The molecule has 5 nitrogen and oxygen atoms in total. The van der Waals surface area contributed by atoms with Gasteiger partial charge in [-0.15, -0.1) is 0 Å². The van der Waals surface area contributed by atoms with E-state index >= 15 is 0 Å². The van der Waals surface area contributed by atoms with Gasteiger partial charge in [-0.2, -0.15) is 0 Å². The van der Waals surface area contributed by atoms with Crippen molar-refractivity contribution >= 4 is 11.9 Å². The molecule has 1 aliphatic carbocycles. The maximum atomic E-state index is 13.0. The quantitative estimate of drug-likeness (QED) is 0.840. The Morgan fingerprint density at radius 1 is 1.35 bits per heavy atom. The fourth-order valence-corrected chi connectivity index (χ4v) is 4.74. The second kappa shape index (κ2) is 7.03. The van der Waals surface area contributed by atoms with Crippen LogP contribution in [-0.2, 0) is 27.3 Å². The summed E-state index contributed by atoms with van der Waals surface area (Å²) in [5, 5.41) is 3.15. The highest BCUT2D eigenvalue weighted by molar-refractivity contribution is 5.84. The average Bonchev–Trinajstić information content (AvgIpc) is 3.41. The van der Waals surface area contributed by atoms with Crippen molar-refractivity contribution in [3.05, 3.63) is 35.4 Å². The molecule has 26 heavy (non-hydrogen) atoms. The summed E-state index contributed by atoms with van der Waals surface area (Å²) >= 11 is 0. The predicted octanol–water partition coefficient (Wildman–Crippen LogP) is 2.14. The van der Waals surface area contributed by atoms with E-state index in [1.54, 1.807) is 0 Å². The number of nitrogens with zero attached hydrogens (tertiary/aromatic N) is 1. The smallest absolute Gasteiger partial charge is 0.309 e. The molecule has 1 aromatic carbocycles. The zero-order valence-electron chi connectivity index (χ0n) is 15.5. The number of esters is 1. The van der Waals surface area contributed by atoms with Gasteiger partial charge in [0, 0.05) is 19.6 Å². The van der Waals surface area contributed by atoms with Crippen LogP contribution in [0.15, 0.2) is 24.3 Å². The summed E-state index contributed by atoms with van der Waals surface area (Å²) in [6, 6.07) is 8.38. The number of piperidine rings is 1. The molecule has 3 aliphatic rings. The Kier molecular flexibility index (Phi) is 4.74. The Balaban J connectivity index is 1.44. The van der Waals surface area contributed by atoms with E-state index in [-0.39, 0.29) is 23.2 Å². The molecule has 0 bridgehead atoms. The molecule has 140 valence electrons. The van der Waals surface area contributed by atoms with Gasteiger partial charge in [-0.3, -0.25) is 9.59 Å². The van der Waals surface area contributed by atoms with Crippen LogP contribution in [0.1, 0.15) is 37.3 Å². The molecule has 3 unspecified atom stereocenters. The predicted molar refractivity (Wildman–Crippen MR) is 98.3 cm³/mol. The molecular formula is C21H28N2O3. The first kappa shape index (κ1) is 17.5. The van der Waals surface area contributed by atoms with E-state index in [4.69, 9.17) is 4.74 Å². The number of hydrogen-bond donors (Lipinski definition) is 1. The number of carbonyl (C=O) groups is 2. The molecule has 1 aromatic rings. The number of rotatable bonds is 4. The van der Waals surface area contributed by atoms with E-state index < -0.39 is 0 Å². The van der Waals surface area contributed by atoms with Crippen molar-refractivity contribution in [2.45, 2.75) is 39.2 Å². The number of benzene rings is 1. The highest BCUT2D eigenvalue weighted by Gasteiger charge is 2.48. The minimum Gasteiger partial charge on any atom is -0.466 e. The summed E-state index contributed by atoms with van der Waals surface area (Å²) in [7, 11) is 0. The fraction of sp³-hybridized carbons (Fsp3) is 0.619. The van der Waals surface area contributed by atoms with Crippen LogP contribution in [0.25, 0.3) is 0 Å². The van der Waals surface area contributed by atoms with Gasteiger partial charge < -0.3 is 15.0 Å². The van der Waals surface area contributed by atoms with Gasteiger partial charge in [0.15, 0.2) is 0 Å². The molecule has 5 heteroatoms. The van der Waals surface area contributed by atoms with Crippen LogP contribution < -0.4 is 5.32 Å². The minimum atomic E-state index is -0.334. The van der Waals surface area contributed by atoms with Crippen LogP contribution in [-0.4, -0.2) is 43.0 Å². The maximum absolute atomic E-state index is 13.0. The lowest BCUT2D eigenvalue weighted by molar-refractivity contribution is -0.145. The number of ether oxygens (including phenoxy) is 1. The Labute approximate surface area is 155 Å². The number of hydrogen-bond acceptors (Lipinski definition) is 4. The van der Waals surface area contributed by atoms with Crippen LogP contribution >= 0.6 is 0 Å². The summed E-state index contributed by atoms with van der Waals surface area (Å²) in [4.78, 5) is 27.2. The van der Waals surface area contributed by atoms with Crippen molar-refractivity contribution in [2.24, 2.45) is 17.3 Å². The lowest BCUT2D eigenvalue weighted by Crippen LogP contribution is -2.52. The van der Waals surface area contributed by atoms with Crippen molar-refractivity contribution in [1.82, 2.24) is 10.2 Å². The summed E-state index contributed by atoms with van der Waals surface area (Å²) < 4.78 is 5.15. The van der Waals surface area contributed by atoms with Gasteiger partial charge in [0.1, 0.15) is 0 Å². The standard InChI is InChI=1S/C21H28N2O3/c1-2-26-19(24)18-10-17(18)13-23-9-5-8-21(14-23)11-15-6-3-4-7-16(15)12-22-20(21)25/h3-4,6-7,17-18H,2,5,8-14H2,1H3,(H,22,25). The Hall–Kier alpha value is -1.88. The van der Waals surface area contributed by atoms with Crippen molar-refractivity contribution in [3.8, 4) is 0 Å². The van der Waals surface area contributed by atoms with Crippen LogP contribution in [0.5, 0.6) is 0 Å². The van der Waals surface area contributed by atoms with Gasteiger partial charge >= 0.3 is 5.97 Å². The SMILES string of the molecule is CCOC(=O)C1CC1CN1CCCC2(Cc3ccccc3CNC2=O)C1. The van der Waals surface area contributed by atoms with Crippen molar-refractivity contribution in [3.63, 3.8) is 0 Å². The first-order chi connectivity index (χ1) is 12.6. The number of carbonyl (C=O) groups excluding carboxylic acids is 2. The molecule has 2 fully saturated rings. The molecule has 4 rings (SSSR count). The molecule has 0 aromatic heterocycles. The minimum absolute atomic E-state index is 0.0506. The molecule has 1 N–H and O–H groups in total. The van der Waals surface area contributed by atoms with E-state index in [0.717, 1.165) is 45.3 Å². The monoisotopic (exact) mass is 356 g/mol. The number of amides is 1. The number of nitrogens with one attached hydrogen (secondary N) is 1. The molecule has 2 heterocycles. The Bertz CT molecular complexity index is 704. The lowest BCUT2D eigenvalue weighted by atomic mass is 9.74. The van der Waals surface area contributed by atoms with E-state index in [0.29, 0.717) is 19.1 Å². The summed E-state index contributed by atoms with van der Waals surface area (Å²) in [5.74, 6) is 0.600. The lowest BCUT2D eigenvalue weighted by Gasteiger charge is -2.41.